The van der Waals surface area contributed by atoms with Crippen LogP contribution in [0.1, 0.15) is 11.3 Å². The van der Waals surface area contributed by atoms with Crippen molar-refractivity contribution in [3.8, 4) is 0 Å². The molecule has 0 unspecified atom stereocenters. The first kappa shape index (κ1) is 12.6. The van der Waals surface area contributed by atoms with Gasteiger partial charge in [0.05, 0.1) is 18.6 Å². The Morgan fingerprint density at radius 3 is 2.61 bits per heavy atom. The average Bonchev–Trinajstić information content (AvgIpc) is 2.83. The number of rotatable bonds is 5. The zero-order valence-corrected chi connectivity index (χ0v) is 10.4. The van der Waals surface area contributed by atoms with Gasteiger partial charge in [0.2, 0.25) is 10.0 Å². The molecule has 1 aromatic carbocycles. The number of anilines is 1. The number of hydrogen-bond acceptors (Lipinski definition) is 4. The summed E-state index contributed by atoms with van der Waals surface area (Å²) in [4.78, 5) is 6.64. The third kappa shape index (κ3) is 3.57. The van der Waals surface area contributed by atoms with Crippen LogP contribution in [0.5, 0.6) is 0 Å². The SMILES string of the molecule is Nc1ccc(CS(=O)(=O)NCc2cnc[nH]2)cc1. The number of nitrogens with one attached hydrogen (secondary N) is 2. The number of nitrogens with zero attached hydrogens (tertiary/aromatic N) is 1. The minimum atomic E-state index is -3.36. The van der Waals surface area contributed by atoms with Gasteiger partial charge in [0.1, 0.15) is 0 Å². The van der Waals surface area contributed by atoms with Crippen LogP contribution in [0, 0.1) is 0 Å². The second-order valence-corrected chi connectivity index (χ2v) is 5.71. The molecular formula is C11H14N4O2S. The van der Waals surface area contributed by atoms with Crippen molar-refractivity contribution >= 4 is 15.7 Å². The molecule has 0 aliphatic carbocycles. The van der Waals surface area contributed by atoms with Crippen molar-refractivity contribution in [3.63, 3.8) is 0 Å². The highest BCUT2D eigenvalue weighted by Gasteiger charge is 2.11. The fourth-order valence-electron chi connectivity index (χ4n) is 1.45. The van der Waals surface area contributed by atoms with Gasteiger partial charge < -0.3 is 10.7 Å². The van der Waals surface area contributed by atoms with E-state index in [1.165, 1.54) is 6.33 Å². The van der Waals surface area contributed by atoms with Crippen molar-refractivity contribution < 1.29 is 8.42 Å². The minimum absolute atomic E-state index is 0.0680. The lowest BCUT2D eigenvalue weighted by Crippen LogP contribution is -2.24. The topological polar surface area (TPSA) is 101 Å². The van der Waals surface area contributed by atoms with Gasteiger partial charge in [-0.05, 0) is 17.7 Å². The molecule has 0 radical (unpaired) electrons. The van der Waals surface area contributed by atoms with Gasteiger partial charge in [-0.2, -0.15) is 0 Å². The molecule has 0 spiro atoms. The van der Waals surface area contributed by atoms with Crippen molar-refractivity contribution in [1.29, 1.82) is 0 Å². The first-order valence-electron chi connectivity index (χ1n) is 5.34. The van der Waals surface area contributed by atoms with Gasteiger partial charge in [0.15, 0.2) is 0 Å². The summed E-state index contributed by atoms with van der Waals surface area (Å²) < 4.78 is 26.1. The first-order chi connectivity index (χ1) is 8.55. The second-order valence-electron chi connectivity index (χ2n) is 3.90. The maximum Gasteiger partial charge on any atom is 0.216 e. The lowest BCUT2D eigenvalue weighted by atomic mass is 10.2. The minimum Gasteiger partial charge on any atom is -0.399 e. The predicted molar refractivity (Wildman–Crippen MR) is 68.9 cm³/mol. The molecule has 2 rings (SSSR count). The van der Waals surface area contributed by atoms with Gasteiger partial charge in [-0.1, -0.05) is 12.1 Å². The van der Waals surface area contributed by atoms with Crippen molar-refractivity contribution in [3.05, 3.63) is 48.0 Å². The quantitative estimate of drug-likeness (QED) is 0.690. The summed E-state index contributed by atoms with van der Waals surface area (Å²) in [6.45, 7) is 0.206. The maximum atomic E-state index is 11.8. The lowest BCUT2D eigenvalue weighted by Gasteiger charge is -2.06. The highest BCUT2D eigenvalue weighted by molar-refractivity contribution is 7.88. The maximum absolute atomic E-state index is 11.8. The van der Waals surface area contributed by atoms with E-state index in [0.29, 0.717) is 11.3 Å². The van der Waals surface area contributed by atoms with Crippen LogP contribution in [0.15, 0.2) is 36.8 Å². The van der Waals surface area contributed by atoms with Gasteiger partial charge in [-0.25, -0.2) is 18.1 Å². The first-order valence-corrected chi connectivity index (χ1v) is 6.99. The molecular weight excluding hydrogens is 252 g/mol. The Kier molecular flexibility index (Phi) is 3.63. The Bertz CT molecular complexity index is 590. The number of aromatic amines is 1. The Labute approximate surface area is 105 Å². The molecule has 4 N–H and O–H groups in total. The molecule has 1 aromatic heterocycles. The molecule has 0 atom stereocenters. The van der Waals surface area contributed by atoms with Gasteiger partial charge in [0, 0.05) is 17.6 Å². The zero-order chi connectivity index (χ0) is 13.0. The molecule has 0 bridgehead atoms. The standard InChI is InChI=1S/C11H14N4O2S/c12-10-3-1-9(2-4-10)7-18(16,17)15-6-11-5-13-8-14-11/h1-5,8,15H,6-7,12H2,(H,13,14). The smallest absolute Gasteiger partial charge is 0.216 e. The van der Waals surface area contributed by atoms with Crippen LogP contribution in [0.4, 0.5) is 5.69 Å². The molecule has 96 valence electrons. The molecule has 0 fully saturated rings. The number of nitrogen functional groups attached to an aromatic ring is 1. The van der Waals surface area contributed by atoms with E-state index in [1.807, 2.05) is 0 Å². The normalized spacial score (nSPS) is 11.6. The van der Waals surface area contributed by atoms with Gasteiger partial charge in [-0.3, -0.25) is 0 Å². The molecule has 0 aliphatic heterocycles. The van der Waals surface area contributed by atoms with E-state index in [4.69, 9.17) is 5.73 Å². The van der Waals surface area contributed by atoms with Crippen LogP contribution in [0.3, 0.4) is 0 Å². The summed E-state index contributed by atoms with van der Waals surface area (Å²) in [5, 5.41) is 0. The molecule has 1 heterocycles. The van der Waals surface area contributed by atoms with Crippen LogP contribution in [-0.2, 0) is 22.3 Å². The van der Waals surface area contributed by atoms with Crippen LogP contribution >= 0.6 is 0 Å². The molecule has 7 heteroatoms. The molecule has 0 amide bonds. The molecule has 6 nitrogen and oxygen atoms in total. The second kappa shape index (κ2) is 5.19. The van der Waals surface area contributed by atoms with E-state index in [1.54, 1.807) is 30.5 Å². The van der Waals surface area contributed by atoms with E-state index in [9.17, 15) is 8.42 Å². The average molecular weight is 266 g/mol. The van der Waals surface area contributed by atoms with E-state index in [0.717, 1.165) is 5.69 Å². The van der Waals surface area contributed by atoms with Gasteiger partial charge >= 0.3 is 0 Å². The van der Waals surface area contributed by atoms with E-state index < -0.39 is 10.0 Å². The Morgan fingerprint density at radius 1 is 1.28 bits per heavy atom. The summed E-state index contributed by atoms with van der Waals surface area (Å²) in [6.07, 6.45) is 3.08. The van der Waals surface area contributed by atoms with Gasteiger partial charge in [0.25, 0.3) is 0 Å². The number of sulfonamides is 1. The number of aromatic nitrogens is 2. The van der Waals surface area contributed by atoms with Gasteiger partial charge in [-0.15, -0.1) is 0 Å². The van der Waals surface area contributed by atoms with Crippen molar-refractivity contribution in [2.24, 2.45) is 0 Å². The predicted octanol–water partition coefficient (Wildman–Crippen LogP) is 0.611. The van der Waals surface area contributed by atoms with Crippen molar-refractivity contribution in [1.82, 2.24) is 14.7 Å². The number of hydrogen-bond donors (Lipinski definition) is 3. The van der Waals surface area contributed by atoms with Crippen LogP contribution in [0.25, 0.3) is 0 Å². The highest BCUT2D eigenvalue weighted by Crippen LogP contribution is 2.08. The molecule has 0 saturated heterocycles. The highest BCUT2D eigenvalue weighted by atomic mass is 32.2. The van der Waals surface area contributed by atoms with Crippen molar-refractivity contribution in [2.45, 2.75) is 12.3 Å². The number of imidazole rings is 1. The summed E-state index contributed by atoms with van der Waals surface area (Å²) in [6, 6.07) is 6.76. The third-order valence-corrected chi connectivity index (χ3v) is 3.67. The van der Waals surface area contributed by atoms with E-state index >= 15 is 0 Å². The fraction of sp³-hybridized carbons (Fsp3) is 0.182. The van der Waals surface area contributed by atoms with Crippen LogP contribution in [-0.4, -0.2) is 18.4 Å². The Morgan fingerprint density at radius 2 is 2.00 bits per heavy atom. The Hall–Kier alpha value is -1.86. The number of H-pyrrole nitrogens is 1. The fourth-order valence-corrected chi connectivity index (χ4v) is 2.56. The number of nitrogens with two attached hydrogens (primary N) is 1. The largest absolute Gasteiger partial charge is 0.399 e. The molecule has 0 aliphatic rings. The summed E-state index contributed by atoms with van der Waals surface area (Å²) in [5.41, 5.74) is 7.56. The molecule has 2 aromatic rings. The van der Waals surface area contributed by atoms with Crippen molar-refractivity contribution in [2.75, 3.05) is 5.73 Å². The Balaban J connectivity index is 1.97. The summed E-state index contributed by atoms with van der Waals surface area (Å²) >= 11 is 0. The summed E-state index contributed by atoms with van der Waals surface area (Å²) in [7, 11) is -3.36. The van der Waals surface area contributed by atoms with E-state index in [-0.39, 0.29) is 12.3 Å². The zero-order valence-electron chi connectivity index (χ0n) is 9.63. The summed E-state index contributed by atoms with van der Waals surface area (Å²) in [5.74, 6) is -0.0680. The van der Waals surface area contributed by atoms with E-state index in [2.05, 4.69) is 14.7 Å². The monoisotopic (exact) mass is 266 g/mol. The lowest BCUT2D eigenvalue weighted by molar-refractivity contribution is 0.579. The van der Waals surface area contributed by atoms with Crippen LogP contribution < -0.4 is 10.5 Å². The molecule has 0 saturated carbocycles. The van der Waals surface area contributed by atoms with Crippen LogP contribution in [0.2, 0.25) is 0 Å². The number of benzene rings is 1. The third-order valence-electron chi connectivity index (χ3n) is 2.37. The molecule has 18 heavy (non-hydrogen) atoms.